The van der Waals surface area contributed by atoms with Gasteiger partial charge in [0.25, 0.3) is 0 Å². The Labute approximate surface area is 220 Å². The van der Waals surface area contributed by atoms with E-state index in [-0.39, 0.29) is 0 Å². The lowest BCUT2D eigenvalue weighted by Crippen LogP contribution is -2.24. The predicted molar refractivity (Wildman–Crippen MR) is 142 cm³/mol. The number of hydrazone groups is 1. The minimum Gasteiger partial charge on any atom is -0.493 e. The van der Waals surface area contributed by atoms with Crippen molar-refractivity contribution < 1.29 is 19.1 Å². The van der Waals surface area contributed by atoms with Gasteiger partial charge in [-0.1, -0.05) is 53.5 Å². The van der Waals surface area contributed by atoms with E-state index in [9.17, 15) is 9.59 Å². The van der Waals surface area contributed by atoms with E-state index in [1.807, 2.05) is 36.4 Å². The molecule has 2 amide bonds. The highest BCUT2D eigenvalue weighted by Gasteiger charge is 2.12. The van der Waals surface area contributed by atoms with Gasteiger partial charge in [0.2, 0.25) is 11.8 Å². The third-order valence-corrected chi connectivity index (χ3v) is 5.95. The molecule has 0 aliphatic rings. The number of methoxy groups -OCH3 is 1. The molecule has 3 aromatic carbocycles. The Morgan fingerprint density at radius 1 is 1.03 bits per heavy atom. The molecule has 0 aromatic heterocycles. The molecule has 10 heteroatoms. The summed E-state index contributed by atoms with van der Waals surface area (Å²) in [6.45, 7) is 0.404. The average Bonchev–Trinajstić information content (AvgIpc) is 2.81. The van der Waals surface area contributed by atoms with Crippen LogP contribution in [0.15, 0.2) is 65.8 Å². The Bertz CT molecular complexity index is 1210. The van der Waals surface area contributed by atoms with Crippen molar-refractivity contribution in [3.8, 4) is 11.5 Å². The van der Waals surface area contributed by atoms with E-state index >= 15 is 0 Å². The predicted octanol–water partition coefficient (Wildman–Crippen LogP) is 5.66. The van der Waals surface area contributed by atoms with E-state index in [2.05, 4.69) is 38.4 Å². The molecule has 2 N–H and O–H groups in total. The van der Waals surface area contributed by atoms with Crippen molar-refractivity contribution in [3.05, 3.63) is 85.4 Å². The normalized spacial score (nSPS) is 10.7. The number of halogens is 3. The number of hydrogen-bond donors (Lipinski definition) is 2. The molecule has 0 spiro atoms. The van der Waals surface area contributed by atoms with Crippen LogP contribution in [-0.2, 0) is 16.2 Å². The third kappa shape index (κ3) is 7.61. The van der Waals surface area contributed by atoms with Crippen molar-refractivity contribution in [2.24, 2.45) is 5.10 Å². The summed E-state index contributed by atoms with van der Waals surface area (Å²) in [6.07, 6.45) is 1.05. The maximum Gasteiger partial charge on any atom is 0.249 e. The van der Waals surface area contributed by atoms with Gasteiger partial charge in [-0.15, -0.1) is 0 Å². The van der Waals surface area contributed by atoms with Crippen molar-refractivity contribution in [2.75, 3.05) is 12.4 Å². The number of carbonyl (C=O) groups excluding carboxylic acids is 2. The molecule has 0 saturated heterocycles. The number of rotatable bonds is 9. The van der Waals surface area contributed by atoms with E-state index < -0.39 is 18.2 Å². The number of carbonyl (C=O) groups is 2. The molecule has 7 nitrogen and oxygen atoms in total. The molecule has 0 fully saturated rings. The molecule has 0 aliphatic heterocycles. The van der Waals surface area contributed by atoms with E-state index in [1.54, 1.807) is 25.3 Å². The highest BCUT2D eigenvalue weighted by atomic mass is 127. The number of nitrogens with zero attached hydrogens (tertiary/aromatic N) is 1. The maximum absolute atomic E-state index is 12.1. The summed E-state index contributed by atoms with van der Waals surface area (Å²) >= 11 is 13.9. The summed E-state index contributed by atoms with van der Waals surface area (Å²) < 4.78 is 12.2. The van der Waals surface area contributed by atoms with Gasteiger partial charge in [-0.3, -0.25) is 9.59 Å². The third-order valence-electron chi connectivity index (χ3n) is 4.41. The molecule has 0 aliphatic carbocycles. The molecule has 0 atom stereocenters. The van der Waals surface area contributed by atoms with Gasteiger partial charge in [0.15, 0.2) is 11.5 Å². The largest absolute Gasteiger partial charge is 0.493 e. The van der Waals surface area contributed by atoms with Crippen LogP contribution in [0.5, 0.6) is 11.5 Å². The van der Waals surface area contributed by atoms with Gasteiger partial charge in [-0.05, 0) is 64.0 Å². The van der Waals surface area contributed by atoms with E-state index in [0.29, 0.717) is 39.4 Å². The molecule has 0 unspecified atom stereocenters. The van der Waals surface area contributed by atoms with Crippen molar-refractivity contribution in [1.29, 1.82) is 0 Å². The van der Waals surface area contributed by atoms with E-state index in [4.69, 9.17) is 32.7 Å². The fourth-order valence-corrected chi connectivity index (χ4v) is 3.91. The molecule has 3 rings (SSSR count). The molecular formula is C24H20Cl2IN3O4. The smallest absolute Gasteiger partial charge is 0.249 e. The molecule has 0 bridgehead atoms. The summed E-state index contributed by atoms with van der Waals surface area (Å²) in [6, 6.07) is 18.0. The molecule has 0 heterocycles. The second-order valence-corrected chi connectivity index (χ2v) is 8.93. The minimum absolute atomic E-state index is 0.301. The van der Waals surface area contributed by atoms with Crippen LogP contribution in [0.1, 0.15) is 17.5 Å². The molecule has 0 saturated carbocycles. The van der Waals surface area contributed by atoms with Crippen LogP contribution in [0.2, 0.25) is 10.0 Å². The van der Waals surface area contributed by atoms with Crippen LogP contribution in [0.3, 0.4) is 0 Å². The summed E-state index contributed by atoms with van der Waals surface area (Å²) in [5, 5.41) is 7.17. The van der Waals surface area contributed by atoms with Gasteiger partial charge < -0.3 is 14.8 Å². The summed E-state index contributed by atoms with van der Waals surface area (Å²) in [5.41, 5.74) is 4.50. The standard InChI is InChI=1S/C24H20Cl2IN3O4/c1-33-21-10-16(9-20(27)24(21)34-14-15-5-3-2-4-6-15)13-28-30-23(32)12-22(31)29-17-7-8-18(25)19(26)11-17/h2-11,13H,12,14H2,1H3,(H,29,31)(H,30,32). The number of nitrogens with one attached hydrogen (secondary N) is 2. The van der Waals surface area contributed by atoms with Crippen LogP contribution in [0, 0.1) is 3.57 Å². The second kappa shape index (κ2) is 12.6. The molecule has 34 heavy (non-hydrogen) atoms. The van der Waals surface area contributed by atoms with Crippen molar-refractivity contribution in [1.82, 2.24) is 5.43 Å². The minimum atomic E-state index is -0.571. The zero-order valence-electron chi connectivity index (χ0n) is 18.0. The van der Waals surface area contributed by atoms with Gasteiger partial charge in [-0.2, -0.15) is 5.10 Å². The topological polar surface area (TPSA) is 89.0 Å². The van der Waals surface area contributed by atoms with Crippen molar-refractivity contribution >= 4 is 69.5 Å². The monoisotopic (exact) mass is 611 g/mol. The lowest BCUT2D eigenvalue weighted by molar-refractivity contribution is -0.126. The summed E-state index contributed by atoms with van der Waals surface area (Å²) in [4.78, 5) is 24.1. The maximum atomic E-state index is 12.1. The van der Waals surface area contributed by atoms with E-state index in [0.717, 1.165) is 9.13 Å². The lowest BCUT2D eigenvalue weighted by Gasteiger charge is -2.13. The van der Waals surface area contributed by atoms with Crippen LogP contribution < -0.4 is 20.2 Å². The van der Waals surface area contributed by atoms with Gasteiger partial charge in [0.05, 0.1) is 26.9 Å². The first-order chi connectivity index (χ1) is 16.4. The number of hydrogen-bond acceptors (Lipinski definition) is 5. The second-order valence-electron chi connectivity index (χ2n) is 6.96. The molecule has 176 valence electrons. The fourth-order valence-electron chi connectivity index (χ4n) is 2.83. The fraction of sp³-hybridized carbons (Fsp3) is 0.125. The zero-order valence-corrected chi connectivity index (χ0v) is 21.6. The Balaban J connectivity index is 1.55. The first-order valence-corrected chi connectivity index (χ1v) is 11.8. The highest BCUT2D eigenvalue weighted by molar-refractivity contribution is 14.1. The Kier molecular flexibility index (Phi) is 9.55. The Hall–Kier alpha value is -2.82. The number of amides is 2. The number of benzene rings is 3. The molecular weight excluding hydrogens is 592 g/mol. The average molecular weight is 612 g/mol. The van der Waals surface area contributed by atoms with E-state index in [1.165, 1.54) is 12.3 Å². The molecule has 3 aromatic rings. The zero-order chi connectivity index (χ0) is 24.5. The van der Waals surface area contributed by atoms with Gasteiger partial charge in [0.1, 0.15) is 13.0 Å². The first kappa shape index (κ1) is 25.8. The van der Waals surface area contributed by atoms with Gasteiger partial charge in [0, 0.05) is 5.69 Å². The summed E-state index contributed by atoms with van der Waals surface area (Å²) in [7, 11) is 1.55. The number of ether oxygens (including phenoxy) is 2. The van der Waals surface area contributed by atoms with Crippen molar-refractivity contribution in [2.45, 2.75) is 13.0 Å². The quantitative estimate of drug-likeness (QED) is 0.141. The highest BCUT2D eigenvalue weighted by Crippen LogP contribution is 2.34. The Morgan fingerprint density at radius 2 is 1.79 bits per heavy atom. The SMILES string of the molecule is COc1cc(C=NNC(=O)CC(=O)Nc2ccc(Cl)c(Cl)c2)cc(I)c1OCc1ccccc1. The van der Waals surface area contributed by atoms with Crippen molar-refractivity contribution in [3.63, 3.8) is 0 Å². The van der Waals surface area contributed by atoms with Crippen LogP contribution in [0.25, 0.3) is 0 Å². The van der Waals surface area contributed by atoms with Crippen LogP contribution in [-0.4, -0.2) is 25.1 Å². The van der Waals surface area contributed by atoms with Crippen LogP contribution in [0.4, 0.5) is 5.69 Å². The van der Waals surface area contributed by atoms with Gasteiger partial charge >= 0.3 is 0 Å². The van der Waals surface area contributed by atoms with Crippen LogP contribution >= 0.6 is 45.8 Å². The lowest BCUT2D eigenvalue weighted by atomic mass is 10.2. The van der Waals surface area contributed by atoms with Gasteiger partial charge in [-0.25, -0.2) is 5.43 Å². The number of anilines is 1. The Morgan fingerprint density at radius 3 is 2.50 bits per heavy atom. The molecule has 0 radical (unpaired) electrons. The summed E-state index contributed by atoms with van der Waals surface area (Å²) in [5.74, 6) is 0.0734. The first-order valence-electron chi connectivity index (χ1n) is 9.96.